The van der Waals surface area contributed by atoms with Gasteiger partial charge < -0.3 is 10.0 Å². The summed E-state index contributed by atoms with van der Waals surface area (Å²) in [6.45, 7) is 0.352. The van der Waals surface area contributed by atoms with Crippen LogP contribution in [-0.4, -0.2) is 51.8 Å². The van der Waals surface area contributed by atoms with Crippen molar-refractivity contribution in [1.29, 1.82) is 0 Å². The Morgan fingerprint density at radius 3 is 2.84 bits per heavy atom. The van der Waals surface area contributed by atoms with Crippen molar-refractivity contribution in [2.75, 3.05) is 26.0 Å². The zero-order chi connectivity index (χ0) is 17.6. The van der Waals surface area contributed by atoms with E-state index >= 15 is 0 Å². The summed E-state index contributed by atoms with van der Waals surface area (Å²) in [5.74, 6) is 0.680. The predicted molar refractivity (Wildman–Crippen MR) is 103 cm³/mol. The van der Waals surface area contributed by atoms with Crippen LogP contribution >= 0.6 is 23.1 Å². The maximum absolute atomic E-state index is 11.9. The first kappa shape index (κ1) is 17.8. The summed E-state index contributed by atoms with van der Waals surface area (Å²) in [5.41, 5.74) is 1.17. The minimum Gasteiger partial charge on any atom is -0.395 e. The van der Waals surface area contributed by atoms with E-state index < -0.39 is 0 Å². The average molecular weight is 374 g/mol. The fourth-order valence-corrected chi connectivity index (χ4v) is 4.37. The van der Waals surface area contributed by atoms with Crippen LogP contribution in [0.4, 0.5) is 0 Å². The highest BCUT2D eigenvalue weighted by Crippen LogP contribution is 2.36. The van der Waals surface area contributed by atoms with Crippen molar-refractivity contribution in [3.8, 4) is 10.4 Å². The number of thiophene rings is 1. The molecule has 0 fully saturated rings. The van der Waals surface area contributed by atoms with Gasteiger partial charge in [0.05, 0.1) is 6.61 Å². The number of likely N-dealkylation sites (N-methyl/N-ethyl adjacent to an activating group) is 1. The summed E-state index contributed by atoms with van der Waals surface area (Å²) < 4.78 is 0. The fourth-order valence-electron chi connectivity index (χ4n) is 2.39. The zero-order valence-electron chi connectivity index (χ0n) is 13.9. The maximum atomic E-state index is 11.9. The highest BCUT2D eigenvalue weighted by Gasteiger charge is 2.12. The van der Waals surface area contributed by atoms with E-state index in [0.717, 1.165) is 20.1 Å². The van der Waals surface area contributed by atoms with Crippen molar-refractivity contribution in [3.63, 3.8) is 0 Å². The van der Waals surface area contributed by atoms with Crippen molar-refractivity contribution >= 4 is 39.2 Å². The number of rotatable bonds is 7. The minimum absolute atomic E-state index is 0.0148. The number of aliphatic hydroxyl groups excluding tert-OH is 1. The van der Waals surface area contributed by atoms with Gasteiger partial charge in [0.15, 0.2) is 0 Å². The van der Waals surface area contributed by atoms with Gasteiger partial charge >= 0.3 is 0 Å². The Bertz CT molecular complexity index is 852. The number of hydrogen-bond donors (Lipinski definition) is 1. The van der Waals surface area contributed by atoms with E-state index in [2.05, 4.69) is 28.2 Å². The number of benzene rings is 1. The number of fused-ring (bicyclic) bond motifs is 1. The van der Waals surface area contributed by atoms with Gasteiger partial charge in [-0.15, -0.1) is 23.1 Å². The Balaban J connectivity index is 1.72. The van der Waals surface area contributed by atoms with Crippen molar-refractivity contribution in [3.05, 3.63) is 42.7 Å². The number of thioether (sulfide) groups is 1. The lowest BCUT2D eigenvalue weighted by molar-refractivity contribution is -0.129. The Morgan fingerprint density at radius 1 is 1.28 bits per heavy atom. The first-order chi connectivity index (χ1) is 12.2. The molecular weight excluding hydrogens is 354 g/mol. The standard InChI is InChI=1S/C18H19N3O2S2/c1-21(8-9-22)16(23)7-10-24-17-14-11-15(13-5-3-2-4-6-13)25-18(14)20-12-19-17/h2-6,11-12,22H,7-10H2,1H3. The van der Waals surface area contributed by atoms with Crippen molar-refractivity contribution in [2.45, 2.75) is 11.4 Å². The third-order valence-corrected chi connectivity index (χ3v) is 5.87. The van der Waals surface area contributed by atoms with Gasteiger partial charge in [0.1, 0.15) is 16.2 Å². The van der Waals surface area contributed by atoms with Crippen molar-refractivity contribution < 1.29 is 9.90 Å². The molecule has 7 heteroatoms. The fraction of sp³-hybridized carbons (Fsp3) is 0.278. The van der Waals surface area contributed by atoms with Crippen LogP contribution in [0.25, 0.3) is 20.7 Å². The van der Waals surface area contributed by atoms with Gasteiger partial charge in [-0.05, 0) is 11.6 Å². The average Bonchev–Trinajstić information content (AvgIpc) is 3.08. The molecule has 25 heavy (non-hydrogen) atoms. The molecule has 0 aliphatic carbocycles. The van der Waals surface area contributed by atoms with Crippen LogP contribution in [0.1, 0.15) is 6.42 Å². The summed E-state index contributed by atoms with van der Waals surface area (Å²) in [4.78, 5) is 24.4. The molecule has 0 spiro atoms. The van der Waals surface area contributed by atoms with Crippen molar-refractivity contribution in [1.82, 2.24) is 14.9 Å². The molecule has 2 heterocycles. The smallest absolute Gasteiger partial charge is 0.223 e. The van der Waals surface area contributed by atoms with Crippen LogP contribution in [0.2, 0.25) is 0 Å². The minimum atomic E-state index is -0.0148. The number of carbonyl (C=O) groups excluding carboxylic acids is 1. The summed E-state index contributed by atoms with van der Waals surface area (Å²) >= 11 is 3.22. The highest BCUT2D eigenvalue weighted by atomic mass is 32.2. The second kappa shape index (κ2) is 8.42. The van der Waals surface area contributed by atoms with Crippen LogP contribution in [0.3, 0.4) is 0 Å². The molecule has 0 aliphatic rings. The Kier molecular flexibility index (Phi) is 6.01. The molecule has 3 rings (SSSR count). The second-order valence-electron chi connectivity index (χ2n) is 5.51. The van der Waals surface area contributed by atoms with Crippen LogP contribution < -0.4 is 0 Å². The van der Waals surface area contributed by atoms with E-state index in [1.165, 1.54) is 5.56 Å². The quantitative estimate of drug-likeness (QED) is 0.508. The van der Waals surface area contributed by atoms with E-state index in [0.29, 0.717) is 18.7 Å². The first-order valence-electron chi connectivity index (χ1n) is 7.96. The van der Waals surface area contributed by atoms with Gasteiger partial charge in [-0.3, -0.25) is 4.79 Å². The van der Waals surface area contributed by atoms with E-state index in [4.69, 9.17) is 5.11 Å². The molecule has 1 aromatic carbocycles. The number of aromatic nitrogens is 2. The van der Waals surface area contributed by atoms with E-state index in [9.17, 15) is 4.79 Å². The molecule has 0 unspecified atom stereocenters. The number of aliphatic hydroxyl groups is 1. The van der Waals surface area contributed by atoms with Gasteiger partial charge in [-0.25, -0.2) is 9.97 Å². The Labute approximate surface area is 154 Å². The molecule has 0 atom stereocenters. The van der Waals surface area contributed by atoms with Crippen LogP contribution in [0.15, 0.2) is 47.8 Å². The molecule has 1 N–H and O–H groups in total. The normalized spacial score (nSPS) is 11.0. The molecular formula is C18H19N3O2S2. The lowest BCUT2D eigenvalue weighted by atomic mass is 10.2. The Hall–Kier alpha value is -1.96. The number of carbonyl (C=O) groups is 1. The van der Waals surface area contributed by atoms with Gasteiger partial charge in [-0.1, -0.05) is 30.3 Å². The Morgan fingerprint density at radius 2 is 2.08 bits per heavy atom. The first-order valence-corrected chi connectivity index (χ1v) is 9.77. The van der Waals surface area contributed by atoms with E-state index in [-0.39, 0.29) is 12.5 Å². The molecule has 0 aliphatic heterocycles. The van der Waals surface area contributed by atoms with Gasteiger partial charge in [-0.2, -0.15) is 0 Å². The molecule has 2 aromatic heterocycles. The summed E-state index contributed by atoms with van der Waals surface area (Å²) in [5, 5.41) is 10.8. The van der Waals surface area contributed by atoms with E-state index in [1.807, 2.05) is 18.2 Å². The van der Waals surface area contributed by atoms with E-state index in [1.54, 1.807) is 41.4 Å². The maximum Gasteiger partial charge on any atom is 0.223 e. The van der Waals surface area contributed by atoms with Crippen molar-refractivity contribution in [2.24, 2.45) is 0 Å². The lowest BCUT2D eigenvalue weighted by Crippen LogP contribution is -2.29. The number of nitrogens with zero attached hydrogens (tertiary/aromatic N) is 3. The second-order valence-corrected chi connectivity index (χ2v) is 7.63. The van der Waals surface area contributed by atoms with Gasteiger partial charge in [0, 0.05) is 36.0 Å². The molecule has 0 radical (unpaired) electrons. The monoisotopic (exact) mass is 373 g/mol. The van der Waals surface area contributed by atoms with Crippen LogP contribution in [-0.2, 0) is 4.79 Å². The molecule has 3 aromatic rings. The predicted octanol–water partition coefficient (Wildman–Crippen LogP) is 3.29. The molecule has 5 nitrogen and oxygen atoms in total. The van der Waals surface area contributed by atoms with Gasteiger partial charge in [0.2, 0.25) is 5.91 Å². The lowest BCUT2D eigenvalue weighted by Gasteiger charge is -2.15. The molecule has 1 amide bonds. The van der Waals surface area contributed by atoms with Crippen LogP contribution in [0.5, 0.6) is 0 Å². The zero-order valence-corrected chi connectivity index (χ0v) is 15.5. The largest absolute Gasteiger partial charge is 0.395 e. The van der Waals surface area contributed by atoms with Crippen LogP contribution in [0, 0.1) is 0 Å². The summed E-state index contributed by atoms with van der Waals surface area (Å²) in [6.07, 6.45) is 2.00. The topological polar surface area (TPSA) is 66.3 Å². The SMILES string of the molecule is CN(CCO)C(=O)CCSc1ncnc2sc(-c3ccccc3)cc12. The molecule has 0 bridgehead atoms. The molecule has 0 saturated heterocycles. The molecule has 0 saturated carbocycles. The third-order valence-electron chi connectivity index (χ3n) is 3.77. The molecule has 130 valence electrons. The number of amides is 1. The summed E-state index contributed by atoms with van der Waals surface area (Å²) in [7, 11) is 1.71. The third kappa shape index (κ3) is 4.36. The van der Waals surface area contributed by atoms with Gasteiger partial charge in [0.25, 0.3) is 0 Å². The highest BCUT2D eigenvalue weighted by molar-refractivity contribution is 7.99. The summed E-state index contributed by atoms with van der Waals surface area (Å²) in [6, 6.07) is 12.3. The number of hydrogen-bond acceptors (Lipinski definition) is 6.